The number of nitrogens with two attached hydrogens (primary N) is 1. The molecule has 17 heavy (non-hydrogen) atoms. The van der Waals surface area contributed by atoms with Crippen molar-refractivity contribution in [3.8, 4) is 0 Å². The fraction of sp³-hybridized carbons (Fsp3) is 0.286. The number of hydrogen-bond donors (Lipinski definition) is 1. The second kappa shape index (κ2) is 5.43. The summed E-state index contributed by atoms with van der Waals surface area (Å²) in [5.41, 5.74) is 8.44. The Bertz CT molecular complexity index is 472. The lowest BCUT2D eigenvalue weighted by atomic mass is 10.0. The number of allylic oxidation sites excluding steroid dienone is 3. The molecule has 0 saturated heterocycles. The number of anilines is 1. The summed E-state index contributed by atoms with van der Waals surface area (Å²) >= 11 is 0. The van der Waals surface area contributed by atoms with Crippen molar-refractivity contribution in [2.75, 3.05) is 5.73 Å². The molecule has 1 atom stereocenters. The van der Waals surface area contributed by atoms with Gasteiger partial charge in [-0.05, 0) is 30.5 Å². The standard InChI is InChI=1S/C14H17N3/c1-11-4-2-5-12(10-11)16-9-7-14-13(15)6-3-8-17-14/h2-3,5-6,8-11H,4,7,15H2,1H3. The summed E-state index contributed by atoms with van der Waals surface area (Å²) in [6.45, 7) is 2.19. The van der Waals surface area contributed by atoms with E-state index < -0.39 is 0 Å². The molecule has 3 heteroatoms. The van der Waals surface area contributed by atoms with Crippen LogP contribution in [0.25, 0.3) is 0 Å². The lowest BCUT2D eigenvalue weighted by molar-refractivity contribution is 0.728. The third-order valence-electron chi connectivity index (χ3n) is 2.70. The Hall–Kier alpha value is -1.90. The molecule has 1 aromatic heterocycles. The minimum absolute atomic E-state index is 0.576. The molecule has 0 aliphatic heterocycles. The Morgan fingerprint density at radius 3 is 3.24 bits per heavy atom. The van der Waals surface area contributed by atoms with Gasteiger partial charge in [0.15, 0.2) is 0 Å². The fourth-order valence-corrected chi connectivity index (χ4v) is 1.76. The highest BCUT2D eigenvalue weighted by Crippen LogP contribution is 2.16. The molecule has 0 aromatic carbocycles. The molecule has 88 valence electrons. The van der Waals surface area contributed by atoms with Gasteiger partial charge >= 0.3 is 0 Å². The lowest BCUT2D eigenvalue weighted by Crippen LogP contribution is -1.98. The highest BCUT2D eigenvalue weighted by atomic mass is 14.8. The molecule has 0 amide bonds. The van der Waals surface area contributed by atoms with Gasteiger partial charge in [0.2, 0.25) is 0 Å². The van der Waals surface area contributed by atoms with Gasteiger partial charge in [-0.1, -0.05) is 19.1 Å². The van der Waals surface area contributed by atoms with Crippen LogP contribution in [0.1, 0.15) is 19.0 Å². The van der Waals surface area contributed by atoms with E-state index in [0.29, 0.717) is 12.3 Å². The van der Waals surface area contributed by atoms with Crippen molar-refractivity contribution < 1.29 is 0 Å². The third-order valence-corrected chi connectivity index (χ3v) is 2.70. The highest BCUT2D eigenvalue weighted by Gasteiger charge is 2.02. The van der Waals surface area contributed by atoms with Crippen LogP contribution in [0.3, 0.4) is 0 Å². The van der Waals surface area contributed by atoms with E-state index >= 15 is 0 Å². The average molecular weight is 227 g/mol. The third kappa shape index (κ3) is 3.28. The summed E-state index contributed by atoms with van der Waals surface area (Å²) in [4.78, 5) is 8.65. The molecular formula is C14H17N3. The molecular weight excluding hydrogens is 210 g/mol. The van der Waals surface area contributed by atoms with Crippen LogP contribution in [0.2, 0.25) is 0 Å². The summed E-state index contributed by atoms with van der Waals surface area (Å²) < 4.78 is 0. The molecule has 3 nitrogen and oxygen atoms in total. The number of nitrogen functional groups attached to an aromatic ring is 1. The van der Waals surface area contributed by atoms with Crippen LogP contribution in [0, 0.1) is 5.92 Å². The number of pyridine rings is 1. The minimum atomic E-state index is 0.576. The van der Waals surface area contributed by atoms with Crippen LogP contribution in [-0.2, 0) is 6.42 Å². The van der Waals surface area contributed by atoms with E-state index in [4.69, 9.17) is 5.73 Å². The van der Waals surface area contributed by atoms with Crippen molar-refractivity contribution in [3.63, 3.8) is 0 Å². The van der Waals surface area contributed by atoms with Crippen LogP contribution in [-0.4, -0.2) is 11.2 Å². The highest BCUT2D eigenvalue weighted by molar-refractivity contribution is 5.65. The zero-order chi connectivity index (χ0) is 12.1. The number of rotatable bonds is 3. The maximum absolute atomic E-state index is 5.81. The molecule has 1 unspecified atom stereocenters. The van der Waals surface area contributed by atoms with E-state index in [1.807, 2.05) is 18.3 Å². The largest absolute Gasteiger partial charge is 0.397 e. The van der Waals surface area contributed by atoms with Gasteiger partial charge in [0, 0.05) is 18.8 Å². The molecule has 0 fully saturated rings. The van der Waals surface area contributed by atoms with Gasteiger partial charge in [0.25, 0.3) is 0 Å². The van der Waals surface area contributed by atoms with Crippen molar-refractivity contribution in [2.24, 2.45) is 10.9 Å². The molecule has 0 spiro atoms. The molecule has 1 aromatic rings. The first kappa shape index (κ1) is 11.6. The van der Waals surface area contributed by atoms with E-state index in [1.165, 1.54) is 0 Å². The van der Waals surface area contributed by atoms with Gasteiger partial charge in [-0.3, -0.25) is 9.98 Å². The first-order valence-corrected chi connectivity index (χ1v) is 5.86. The van der Waals surface area contributed by atoms with Crippen LogP contribution >= 0.6 is 0 Å². The van der Waals surface area contributed by atoms with Crippen LogP contribution in [0.4, 0.5) is 5.69 Å². The Balaban J connectivity index is 1.99. The first-order chi connectivity index (χ1) is 8.25. The molecule has 0 radical (unpaired) electrons. The van der Waals surface area contributed by atoms with Crippen molar-refractivity contribution in [2.45, 2.75) is 19.8 Å². The smallest absolute Gasteiger partial charge is 0.0685 e. The summed E-state index contributed by atoms with van der Waals surface area (Å²) in [7, 11) is 0. The van der Waals surface area contributed by atoms with Crippen molar-refractivity contribution >= 4 is 11.9 Å². The molecule has 1 heterocycles. The Labute approximate surface area is 102 Å². The van der Waals surface area contributed by atoms with E-state index in [-0.39, 0.29) is 0 Å². The van der Waals surface area contributed by atoms with E-state index in [1.54, 1.807) is 6.20 Å². The molecule has 1 aliphatic carbocycles. The van der Waals surface area contributed by atoms with Gasteiger partial charge in [0.05, 0.1) is 17.1 Å². The number of aliphatic imine (C=N–C) groups is 1. The zero-order valence-electron chi connectivity index (χ0n) is 10.0. The molecule has 0 bridgehead atoms. The SMILES string of the molecule is CC1C=C(N=CCc2ncccc2N)C=CC1. The molecule has 1 aliphatic rings. The summed E-state index contributed by atoms with van der Waals surface area (Å²) in [5, 5.41) is 0. The maximum atomic E-state index is 5.81. The summed E-state index contributed by atoms with van der Waals surface area (Å²) in [5.74, 6) is 0.576. The fourth-order valence-electron chi connectivity index (χ4n) is 1.76. The monoisotopic (exact) mass is 227 g/mol. The van der Waals surface area contributed by atoms with Crippen molar-refractivity contribution in [3.05, 3.63) is 47.9 Å². The first-order valence-electron chi connectivity index (χ1n) is 5.86. The van der Waals surface area contributed by atoms with E-state index in [9.17, 15) is 0 Å². The molecule has 0 saturated carbocycles. The van der Waals surface area contributed by atoms with Gasteiger partial charge < -0.3 is 5.73 Å². The Morgan fingerprint density at radius 1 is 1.59 bits per heavy atom. The Morgan fingerprint density at radius 2 is 2.47 bits per heavy atom. The van der Waals surface area contributed by atoms with Crippen molar-refractivity contribution in [1.29, 1.82) is 0 Å². The zero-order valence-corrected chi connectivity index (χ0v) is 10.0. The van der Waals surface area contributed by atoms with E-state index in [2.05, 4.69) is 35.1 Å². The summed E-state index contributed by atoms with van der Waals surface area (Å²) in [6.07, 6.45) is 11.8. The number of nitrogens with zero attached hydrogens (tertiary/aromatic N) is 2. The van der Waals surface area contributed by atoms with Gasteiger partial charge in [0.1, 0.15) is 0 Å². The predicted octanol–water partition coefficient (Wildman–Crippen LogP) is 2.76. The number of aromatic nitrogens is 1. The summed E-state index contributed by atoms with van der Waals surface area (Å²) in [6, 6.07) is 3.70. The topological polar surface area (TPSA) is 51.3 Å². The normalized spacial score (nSPS) is 19.6. The molecule has 2 N–H and O–H groups in total. The van der Waals surface area contributed by atoms with Crippen LogP contribution in [0.15, 0.2) is 47.2 Å². The Kier molecular flexibility index (Phi) is 3.70. The van der Waals surface area contributed by atoms with Gasteiger partial charge in [-0.25, -0.2) is 0 Å². The average Bonchev–Trinajstić information content (AvgIpc) is 2.32. The minimum Gasteiger partial charge on any atom is -0.397 e. The molecule has 2 rings (SSSR count). The quantitative estimate of drug-likeness (QED) is 0.807. The maximum Gasteiger partial charge on any atom is 0.0685 e. The second-order valence-electron chi connectivity index (χ2n) is 4.26. The lowest BCUT2D eigenvalue weighted by Gasteiger charge is -2.08. The van der Waals surface area contributed by atoms with E-state index in [0.717, 1.165) is 23.5 Å². The predicted molar refractivity (Wildman–Crippen MR) is 71.8 cm³/mol. The van der Waals surface area contributed by atoms with Crippen LogP contribution in [0.5, 0.6) is 0 Å². The van der Waals surface area contributed by atoms with Gasteiger partial charge in [-0.15, -0.1) is 0 Å². The van der Waals surface area contributed by atoms with Gasteiger partial charge in [-0.2, -0.15) is 0 Å². The number of hydrogen-bond acceptors (Lipinski definition) is 3. The van der Waals surface area contributed by atoms with Crippen molar-refractivity contribution in [1.82, 2.24) is 4.98 Å². The second-order valence-corrected chi connectivity index (χ2v) is 4.26. The van der Waals surface area contributed by atoms with Crippen LogP contribution < -0.4 is 5.73 Å².